The molecule has 4 fully saturated rings. The first-order valence-corrected chi connectivity index (χ1v) is 8.59. The van der Waals surface area contributed by atoms with Crippen LogP contribution in [0.5, 0.6) is 0 Å². The van der Waals surface area contributed by atoms with Crippen molar-refractivity contribution in [3.05, 3.63) is 0 Å². The molecule has 0 amide bonds. The molecule has 1 heteroatoms. The molecular weight excluding hydrogens is 232 g/mol. The Bertz CT molecular complexity index is 414. The first-order chi connectivity index (χ1) is 9.05. The molecule has 0 saturated heterocycles. The van der Waals surface area contributed by atoms with Gasteiger partial charge in [-0.2, -0.15) is 0 Å². The average molecular weight is 260 g/mol. The van der Waals surface area contributed by atoms with Crippen molar-refractivity contribution in [1.29, 1.82) is 0 Å². The van der Waals surface area contributed by atoms with Gasteiger partial charge < -0.3 is 0 Å². The molecule has 4 rings (SSSR count). The lowest BCUT2D eigenvalue weighted by atomic mass is 9.45. The van der Waals surface area contributed by atoms with Crippen molar-refractivity contribution in [3.63, 3.8) is 0 Å². The highest BCUT2D eigenvalue weighted by Crippen LogP contribution is 2.64. The first-order valence-electron chi connectivity index (χ1n) is 8.59. The van der Waals surface area contributed by atoms with Crippen LogP contribution in [0.25, 0.3) is 0 Å². The molecule has 4 aliphatic carbocycles. The Labute approximate surface area is 117 Å². The average Bonchev–Trinajstić information content (AvgIpc) is 2.75. The van der Waals surface area contributed by atoms with Crippen LogP contribution in [0.2, 0.25) is 0 Å². The van der Waals surface area contributed by atoms with E-state index in [2.05, 4.69) is 13.8 Å². The topological polar surface area (TPSA) is 17.1 Å². The summed E-state index contributed by atoms with van der Waals surface area (Å²) in [5.41, 5.74) is 0.696. The van der Waals surface area contributed by atoms with E-state index in [1.807, 2.05) is 0 Å². The summed E-state index contributed by atoms with van der Waals surface area (Å²) < 4.78 is 0. The number of hydrogen-bond donors (Lipinski definition) is 0. The molecule has 0 aromatic carbocycles. The predicted octanol–water partition coefficient (Wildman–Crippen LogP) is 4.60. The summed E-state index contributed by atoms with van der Waals surface area (Å²) in [5, 5.41) is 0. The number of carbonyl (C=O) groups excluding carboxylic acids is 1. The Hall–Kier alpha value is -0.330. The number of fused-ring (bicyclic) bond motifs is 6. The number of rotatable bonds is 0. The second kappa shape index (κ2) is 3.86. The summed E-state index contributed by atoms with van der Waals surface area (Å²) in [6.45, 7) is 4.88. The molecule has 0 aromatic heterocycles. The van der Waals surface area contributed by atoms with E-state index in [1.165, 1.54) is 57.8 Å². The summed E-state index contributed by atoms with van der Waals surface area (Å²) >= 11 is 0. The molecule has 0 radical (unpaired) electrons. The fourth-order valence-corrected chi connectivity index (χ4v) is 6.76. The summed E-state index contributed by atoms with van der Waals surface area (Å²) in [4.78, 5) is 12.8. The van der Waals surface area contributed by atoms with Gasteiger partial charge in [-0.15, -0.1) is 0 Å². The molecule has 0 aliphatic heterocycles. The Morgan fingerprint density at radius 1 is 0.947 bits per heavy atom. The number of carbonyl (C=O) groups is 1. The zero-order valence-electron chi connectivity index (χ0n) is 12.6. The molecule has 0 spiro atoms. The van der Waals surface area contributed by atoms with Crippen LogP contribution < -0.4 is 0 Å². The van der Waals surface area contributed by atoms with Gasteiger partial charge in [0.15, 0.2) is 0 Å². The van der Waals surface area contributed by atoms with Gasteiger partial charge in [0.05, 0.1) is 0 Å². The Balaban J connectivity index is 1.72. The summed E-state index contributed by atoms with van der Waals surface area (Å²) in [6.07, 6.45) is 12.0. The quantitative estimate of drug-likeness (QED) is 0.622. The van der Waals surface area contributed by atoms with Crippen LogP contribution in [-0.4, -0.2) is 5.78 Å². The van der Waals surface area contributed by atoms with Gasteiger partial charge >= 0.3 is 0 Å². The standard InChI is InChI=1S/C18H28O/c1-17-8-4-6-14(17)13-11-12-5-3-9-18(2,16(12)19)15(13)7-10-17/h12-15H,3-11H2,1-2H3/t12-,13-,14+,15+,17+,18-/m0/s1. The maximum atomic E-state index is 12.8. The van der Waals surface area contributed by atoms with Crippen LogP contribution in [-0.2, 0) is 4.79 Å². The van der Waals surface area contributed by atoms with Crippen LogP contribution in [0.15, 0.2) is 0 Å². The first kappa shape index (κ1) is 12.4. The highest BCUT2D eigenvalue weighted by atomic mass is 16.1. The highest BCUT2D eigenvalue weighted by molar-refractivity contribution is 5.88. The maximum absolute atomic E-state index is 12.8. The van der Waals surface area contributed by atoms with Gasteiger partial charge in [0.1, 0.15) is 5.78 Å². The van der Waals surface area contributed by atoms with Crippen molar-refractivity contribution < 1.29 is 4.79 Å². The van der Waals surface area contributed by atoms with Gasteiger partial charge in [0.25, 0.3) is 0 Å². The summed E-state index contributed by atoms with van der Waals surface area (Å²) in [6, 6.07) is 0. The van der Waals surface area contributed by atoms with Crippen LogP contribution >= 0.6 is 0 Å². The molecule has 0 N–H and O–H groups in total. The monoisotopic (exact) mass is 260 g/mol. The van der Waals surface area contributed by atoms with Crippen molar-refractivity contribution in [3.8, 4) is 0 Å². The van der Waals surface area contributed by atoms with Crippen molar-refractivity contribution in [2.24, 2.45) is 34.5 Å². The minimum atomic E-state index is 0.0652. The second-order valence-corrected chi connectivity index (χ2v) is 8.57. The third-order valence-electron chi connectivity index (χ3n) is 7.78. The van der Waals surface area contributed by atoms with E-state index in [4.69, 9.17) is 0 Å². The van der Waals surface area contributed by atoms with Gasteiger partial charge in [-0.25, -0.2) is 0 Å². The van der Waals surface area contributed by atoms with E-state index >= 15 is 0 Å². The van der Waals surface area contributed by atoms with E-state index < -0.39 is 0 Å². The molecule has 19 heavy (non-hydrogen) atoms. The number of Topliss-reactive ketones (excluding diaryl/α,β-unsaturated/α-hetero) is 1. The van der Waals surface area contributed by atoms with Crippen molar-refractivity contribution in [1.82, 2.24) is 0 Å². The Morgan fingerprint density at radius 2 is 1.74 bits per heavy atom. The largest absolute Gasteiger partial charge is 0.299 e. The molecule has 4 saturated carbocycles. The van der Waals surface area contributed by atoms with E-state index in [-0.39, 0.29) is 5.41 Å². The minimum absolute atomic E-state index is 0.0652. The second-order valence-electron chi connectivity index (χ2n) is 8.57. The molecule has 0 aromatic rings. The molecule has 4 aliphatic rings. The van der Waals surface area contributed by atoms with E-state index in [0.717, 1.165) is 17.8 Å². The minimum Gasteiger partial charge on any atom is -0.299 e. The van der Waals surface area contributed by atoms with E-state index in [1.54, 1.807) is 0 Å². The fraction of sp³-hybridized carbons (Fsp3) is 0.944. The van der Waals surface area contributed by atoms with Crippen LogP contribution in [0, 0.1) is 34.5 Å². The van der Waals surface area contributed by atoms with Gasteiger partial charge in [0, 0.05) is 11.3 Å². The highest BCUT2D eigenvalue weighted by Gasteiger charge is 2.59. The van der Waals surface area contributed by atoms with Gasteiger partial charge in [-0.3, -0.25) is 4.79 Å². The van der Waals surface area contributed by atoms with E-state index in [9.17, 15) is 4.79 Å². The summed E-state index contributed by atoms with van der Waals surface area (Å²) in [5.74, 6) is 3.64. The SMILES string of the molecule is C[C@]12CCC[C@@H]1[C@@H]1C[C@@H]3CCC[C@](C)(C3=O)[C@@H]1CC2. The number of hydrogen-bond acceptors (Lipinski definition) is 1. The lowest BCUT2D eigenvalue weighted by molar-refractivity contribution is -0.157. The molecule has 106 valence electrons. The Morgan fingerprint density at radius 3 is 2.58 bits per heavy atom. The third-order valence-corrected chi connectivity index (χ3v) is 7.78. The summed E-state index contributed by atoms with van der Waals surface area (Å²) in [7, 11) is 0. The fourth-order valence-electron chi connectivity index (χ4n) is 6.76. The van der Waals surface area contributed by atoms with Gasteiger partial charge in [-0.1, -0.05) is 26.7 Å². The number of ketones is 1. The Kier molecular flexibility index (Phi) is 2.52. The van der Waals surface area contributed by atoms with Crippen molar-refractivity contribution in [2.75, 3.05) is 0 Å². The zero-order chi connectivity index (χ0) is 13.3. The molecule has 0 heterocycles. The maximum Gasteiger partial charge on any atom is 0.142 e. The van der Waals surface area contributed by atoms with Crippen molar-refractivity contribution in [2.45, 2.75) is 71.6 Å². The van der Waals surface area contributed by atoms with E-state index in [0.29, 0.717) is 17.1 Å². The molecule has 0 unspecified atom stereocenters. The van der Waals surface area contributed by atoms with Gasteiger partial charge in [-0.05, 0) is 68.1 Å². The van der Waals surface area contributed by atoms with Crippen molar-refractivity contribution >= 4 is 5.78 Å². The smallest absolute Gasteiger partial charge is 0.142 e. The lowest BCUT2D eigenvalue weighted by Gasteiger charge is -2.58. The van der Waals surface area contributed by atoms with Crippen LogP contribution in [0.4, 0.5) is 0 Å². The molecule has 6 atom stereocenters. The normalized spacial score (nSPS) is 56.6. The molecular formula is C18H28O. The zero-order valence-corrected chi connectivity index (χ0v) is 12.6. The van der Waals surface area contributed by atoms with Gasteiger partial charge in [0.2, 0.25) is 0 Å². The lowest BCUT2D eigenvalue weighted by Crippen LogP contribution is -2.55. The molecule has 2 bridgehead atoms. The third kappa shape index (κ3) is 1.51. The predicted molar refractivity (Wildman–Crippen MR) is 76.7 cm³/mol. The van der Waals surface area contributed by atoms with Crippen LogP contribution in [0.1, 0.15) is 71.6 Å². The molecule has 1 nitrogen and oxygen atoms in total. The van der Waals surface area contributed by atoms with Crippen LogP contribution in [0.3, 0.4) is 0 Å².